The molecule has 9 nitrogen and oxygen atoms in total. The third-order valence-electron chi connectivity index (χ3n) is 6.62. The maximum absolute atomic E-state index is 11.7. The van der Waals surface area contributed by atoms with Gasteiger partial charge in [-0.3, -0.25) is 0 Å². The third kappa shape index (κ3) is 5.06. The number of ether oxygens (including phenoxy) is 4. The minimum Gasteiger partial charge on any atom is -0.496 e. The van der Waals surface area contributed by atoms with Gasteiger partial charge in [0.15, 0.2) is 5.69 Å². The Morgan fingerprint density at radius 2 is 1.69 bits per heavy atom. The van der Waals surface area contributed by atoms with Gasteiger partial charge >= 0.3 is 5.97 Å². The first-order valence-electron chi connectivity index (χ1n) is 11.7. The topological polar surface area (TPSA) is 112 Å². The highest BCUT2D eigenvalue weighted by Gasteiger charge is 2.30. The summed E-state index contributed by atoms with van der Waals surface area (Å²) in [5.41, 5.74) is 2.60. The molecule has 2 N–H and O–H groups in total. The van der Waals surface area contributed by atoms with Crippen LogP contribution in [0.4, 0.5) is 0 Å². The number of methoxy groups -OCH3 is 3. The van der Waals surface area contributed by atoms with Gasteiger partial charge in [-0.15, -0.1) is 0 Å². The van der Waals surface area contributed by atoms with Gasteiger partial charge in [0, 0.05) is 12.0 Å². The summed E-state index contributed by atoms with van der Waals surface area (Å²) < 4.78 is 24.2. The molecule has 1 aromatic carbocycles. The summed E-state index contributed by atoms with van der Waals surface area (Å²) in [5, 5.41) is 25.6. The summed E-state index contributed by atoms with van der Waals surface area (Å²) in [6.07, 6.45) is 2.78. The van der Waals surface area contributed by atoms with Crippen molar-refractivity contribution in [2.45, 2.75) is 57.3 Å². The monoisotopic (exact) mass is 484 g/mol. The number of aromatic nitrogens is 2. The first kappa shape index (κ1) is 24.8. The number of hydrogen-bond donors (Lipinski definition) is 2. The number of nitrogens with zero attached hydrogens (tertiary/aromatic N) is 2. The lowest BCUT2D eigenvalue weighted by molar-refractivity contribution is -0.0757. The predicted molar refractivity (Wildman–Crippen MR) is 129 cm³/mol. The van der Waals surface area contributed by atoms with Gasteiger partial charge in [-0.25, -0.2) is 9.31 Å². The number of aromatic carboxylic acids is 1. The first-order chi connectivity index (χ1) is 16.9. The van der Waals surface area contributed by atoms with E-state index < -0.39 is 18.2 Å². The van der Waals surface area contributed by atoms with Crippen LogP contribution in [0.1, 0.15) is 59.1 Å². The Labute approximate surface area is 204 Å². The molecule has 188 valence electrons. The number of carboxylic acids is 1. The molecule has 0 saturated heterocycles. The number of aliphatic hydroxyl groups is 1. The van der Waals surface area contributed by atoms with E-state index in [1.165, 1.54) is 17.7 Å². The summed E-state index contributed by atoms with van der Waals surface area (Å²) in [6.45, 7) is 1.89. The van der Waals surface area contributed by atoms with E-state index in [1.54, 1.807) is 38.5 Å². The summed E-state index contributed by atoms with van der Waals surface area (Å²) in [5.74, 6) is 0.642. The molecule has 0 aliphatic heterocycles. The largest absolute Gasteiger partial charge is 0.496 e. The molecular formula is C26H32N2O7. The SMILES string of the molecule is COc1cc(C(O)C(Cc2cc3c(OC)ccc(C(=O)O)n3n2)OC2CCCC2)cc(OC)c1C. The molecule has 2 aromatic heterocycles. The molecule has 35 heavy (non-hydrogen) atoms. The summed E-state index contributed by atoms with van der Waals surface area (Å²) in [4.78, 5) is 11.7. The fraction of sp³-hybridized carbons (Fsp3) is 0.462. The first-order valence-corrected chi connectivity index (χ1v) is 11.7. The van der Waals surface area contributed by atoms with E-state index in [9.17, 15) is 15.0 Å². The van der Waals surface area contributed by atoms with E-state index in [0.717, 1.165) is 31.2 Å². The summed E-state index contributed by atoms with van der Waals surface area (Å²) >= 11 is 0. The maximum Gasteiger partial charge on any atom is 0.354 e. The van der Waals surface area contributed by atoms with Gasteiger partial charge in [-0.2, -0.15) is 5.10 Å². The number of rotatable bonds is 10. The number of fused-ring (bicyclic) bond motifs is 1. The number of carboxylic acid groups (broad SMARTS) is 1. The third-order valence-corrected chi connectivity index (χ3v) is 6.62. The molecule has 0 amide bonds. The van der Waals surface area contributed by atoms with Crippen LogP contribution in [0.5, 0.6) is 17.2 Å². The van der Waals surface area contributed by atoms with E-state index in [0.29, 0.717) is 34.0 Å². The van der Waals surface area contributed by atoms with E-state index >= 15 is 0 Å². The predicted octanol–water partition coefficient (Wildman–Crippen LogP) is 3.97. The van der Waals surface area contributed by atoms with E-state index in [1.807, 2.05) is 6.92 Å². The zero-order valence-electron chi connectivity index (χ0n) is 20.5. The van der Waals surface area contributed by atoms with Crippen molar-refractivity contribution in [3.05, 3.63) is 52.8 Å². The van der Waals surface area contributed by atoms with Gasteiger partial charge < -0.3 is 29.2 Å². The van der Waals surface area contributed by atoms with E-state index in [2.05, 4.69) is 5.10 Å². The normalized spacial score (nSPS) is 15.8. The number of aliphatic hydroxyl groups excluding tert-OH is 1. The van der Waals surface area contributed by atoms with Crippen LogP contribution in [0.3, 0.4) is 0 Å². The van der Waals surface area contributed by atoms with Crippen molar-refractivity contribution in [3.63, 3.8) is 0 Å². The molecule has 1 aliphatic carbocycles. The van der Waals surface area contributed by atoms with Crippen LogP contribution in [-0.2, 0) is 11.2 Å². The second-order valence-electron chi connectivity index (χ2n) is 8.81. The average molecular weight is 485 g/mol. The zero-order valence-corrected chi connectivity index (χ0v) is 20.5. The van der Waals surface area contributed by atoms with Crippen LogP contribution in [0.25, 0.3) is 5.52 Å². The van der Waals surface area contributed by atoms with Gasteiger partial charge in [0.1, 0.15) is 28.9 Å². The Kier molecular flexibility index (Phi) is 7.47. The minimum absolute atomic E-state index is 0.0221. The molecule has 9 heteroatoms. The second kappa shape index (κ2) is 10.5. The Bertz CT molecular complexity index is 1170. The Morgan fingerprint density at radius 3 is 2.26 bits per heavy atom. The molecule has 2 heterocycles. The zero-order chi connectivity index (χ0) is 25.1. The fourth-order valence-corrected chi connectivity index (χ4v) is 4.74. The molecular weight excluding hydrogens is 452 g/mol. The minimum atomic E-state index is -1.09. The number of benzene rings is 1. The molecule has 0 radical (unpaired) electrons. The van der Waals surface area contributed by atoms with E-state index in [4.69, 9.17) is 18.9 Å². The van der Waals surface area contributed by atoms with Crippen LogP contribution in [-0.4, -0.2) is 59.3 Å². The lowest BCUT2D eigenvalue weighted by atomic mass is 9.98. The second-order valence-corrected chi connectivity index (χ2v) is 8.81. The van der Waals surface area contributed by atoms with Crippen molar-refractivity contribution in [2.24, 2.45) is 0 Å². The van der Waals surface area contributed by atoms with Crippen molar-refractivity contribution >= 4 is 11.5 Å². The molecule has 0 spiro atoms. The highest BCUT2D eigenvalue weighted by atomic mass is 16.5. The van der Waals surface area contributed by atoms with Crippen LogP contribution in [0.15, 0.2) is 30.3 Å². The highest BCUT2D eigenvalue weighted by Crippen LogP contribution is 2.36. The van der Waals surface area contributed by atoms with Crippen molar-refractivity contribution in [3.8, 4) is 17.2 Å². The molecule has 2 unspecified atom stereocenters. The fourth-order valence-electron chi connectivity index (χ4n) is 4.74. The number of carbonyl (C=O) groups is 1. The van der Waals surface area contributed by atoms with Gasteiger partial charge in [0.2, 0.25) is 0 Å². The average Bonchev–Trinajstić information content (AvgIpc) is 3.52. The van der Waals surface area contributed by atoms with Crippen molar-refractivity contribution in [1.29, 1.82) is 0 Å². The molecule has 2 atom stereocenters. The van der Waals surface area contributed by atoms with E-state index in [-0.39, 0.29) is 18.2 Å². The van der Waals surface area contributed by atoms with Gasteiger partial charge in [0.25, 0.3) is 0 Å². The highest BCUT2D eigenvalue weighted by molar-refractivity contribution is 5.87. The van der Waals surface area contributed by atoms with Crippen LogP contribution in [0.2, 0.25) is 0 Å². The molecule has 0 bridgehead atoms. The standard InChI is InChI=1S/C26H32N2O7/c1-15-22(33-3)11-16(12-23(15)34-4)25(29)24(35-18-7-5-6-8-18)14-17-13-20-21(32-2)10-9-19(26(30)31)28(20)27-17/h9-13,18,24-25,29H,5-8,14H2,1-4H3,(H,30,31). The lowest BCUT2D eigenvalue weighted by Gasteiger charge is -2.27. The Hall–Kier alpha value is -3.30. The van der Waals surface area contributed by atoms with Crippen molar-refractivity contribution < 1.29 is 34.0 Å². The lowest BCUT2D eigenvalue weighted by Crippen LogP contribution is -2.29. The van der Waals surface area contributed by atoms with Crippen LogP contribution >= 0.6 is 0 Å². The van der Waals surface area contributed by atoms with Gasteiger partial charge in [-0.05, 0) is 55.7 Å². The molecule has 1 aliphatic rings. The van der Waals surface area contributed by atoms with Crippen LogP contribution < -0.4 is 14.2 Å². The van der Waals surface area contributed by atoms with Crippen molar-refractivity contribution in [1.82, 2.24) is 9.61 Å². The Morgan fingerprint density at radius 1 is 1.06 bits per heavy atom. The van der Waals surface area contributed by atoms with Gasteiger partial charge in [0.05, 0.1) is 39.2 Å². The van der Waals surface area contributed by atoms with Crippen molar-refractivity contribution in [2.75, 3.05) is 21.3 Å². The maximum atomic E-state index is 11.7. The molecule has 1 saturated carbocycles. The summed E-state index contributed by atoms with van der Waals surface area (Å²) in [7, 11) is 4.68. The number of pyridine rings is 1. The van der Waals surface area contributed by atoms with Crippen LogP contribution in [0, 0.1) is 6.92 Å². The van der Waals surface area contributed by atoms with Gasteiger partial charge in [-0.1, -0.05) is 12.8 Å². The quantitative estimate of drug-likeness (QED) is 0.445. The molecule has 4 rings (SSSR count). The molecule has 1 fully saturated rings. The Balaban J connectivity index is 1.71. The smallest absolute Gasteiger partial charge is 0.354 e. The number of hydrogen-bond acceptors (Lipinski definition) is 7. The summed E-state index contributed by atoms with van der Waals surface area (Å²) in [6, 6.07) is 8.43. The molecule has 3 aromatic rings.